The van der Waals surface area contributed by atoms with Gasteiger partial charge in [-0.3, -0.25) is 0 Å². The third-order valence-electron chi connectivity index (χ3n) is 28.5. The van der Waals surface area contributed by atoms with E-state index in [-0.39, 0.29) is 0 Å². The van der Waals surface area contributed by atoms with E-state index < -0.39 is 28.6 Å². The molecule has 4 atom stereocenters. The van der Waals surface area contributed by atoms with E-state index in [1.54, 1.807) is 0 Å². The molecule has 22 aromatic rings. The number of fused-ring (bicyclic) bond motifs is 16. The quantitative estimate of drug-likeness (QED) is 0.120. The molecule has 12 nitrogen and oxygen atoms in total. The van der Waals surface area contributed by atoms with E-state index >= 15 is 18.3 Å². The van der Waals surface area contributed by atoms with Crippen molar-refractivity contribution in [2.24, 2.45) is 0 Å². The summed E-state index contributed by atoms with van der Waals surface area (Å²) in [5.41, 5.74) is 20.1. The third kappa shape index (κ3) is 14.8. The van der Waals surface area contributed by atoms with Crippen molar-refractivity contribution in [2.75, 3.05) is 0 Å². The van der Waals surface area contributed by atoms with Gasteiger partial charge in [0.2, 0.25) is 0 Å². The average Bonchev–Trinajstić information content (AvgIpc) is 0.704. The van der Waals surface area contributed by atoms with Crippen molar-refractivity contribution in [1.29, 1.82) is 0 Å². The molecule has 30 rings (SSSR count). The van der Waals surface area contributed by atoms with Gasteiger partial charge in [-0.15, -0.1) is 0 Å². The predicted molar refractivity (Wildman–Crippen MR) is 598 cm³/mol. The fraction of sp³-hybridized carbons (Fsp3) is 0. The molecule has 0 aliphatic carbocycles. The number of hydrogen-bond acceptors (Lipinski definition) is 12. The van der Waals surface area contributed by atoms with Crippen LogP contribution in [0.5, 0.6) is 92.0 Å². The minimum Gasteiger partial charge on any atom is -0.456 e. The monoisotopic (exact) mass is 1980 g/mol. The Hall–Kier alpha value is -17.8. The summed E-state index contributed by atoms with van der Waals surface area (Å²) in [4.78, 5) is 0. The topological polar surface area (TPSA) is 142 Å². The molecule has 0 N–H and O–H groups in total. The van der Waals surface area contributed by atoms with Crippen molar-refractivity contribution in [1.82, 2.24) is 0 Å². The molecular weight excluding hydrogens is 1900 g/mol. The fourth-order valence-corrected chi connectivity index (χ4v) is 33.9. The van der Waals surface area contributed by atoms with Crippen LogP contribution >= 0.6 is 28.6 Å². The number of ether oxygens (including phenoxy) is 8. The molecule has 0 spiro atoms. The molecule has 4 unspecified atom stereocenters. The van der Waals surface area contributed by atoms with Crippen molar-refractivity contribution in [3.05, 3.63) is 510 Å². The second kappa shape index (κ2) is 36.2. The van der Waals surface area contributed by atoms with Crippen molar-refractivity contribution in [2.45, 2.75) is 0 Å². The van der Waals surface area contributed by atoms with Crippen LogP contribution in [-0.2, 0) is 18.3 Å². The lowest BCUT2D eigenvalue weighted by atomic mass is 10.0. The highest BCUT2D eigenvalue weighted by molar-refractivity contribution is 7.87. The maximum atomic E-state index is 15.8. The van der Waals surface area contributed by atoms with E-state index in [4.69, 9.17) is 37.9 Å². The first kappa shape index (κ1) is 89.0. The zero-order chi connectivity index (χ0) is 98.8. The molecule has 0 bridgehead atoms. The standard InChI is InChI=1S/2C36H23O3P.2C30H19O3P/c37-40-33-21-17-27(24-10-4-1-5-11-24)22-32(33)38-31-20-18-29(26-14-8-3-9-15-26)35(36(31)40)39-30-19-16-28(23-34(30)40)25-12-6-2-7-13-25;37-40-33-21-17-27(24-10-4-1-5-11-24)22-32(33)39-35-29(26-14-8-3-9-15-26)18-20-31(36(35)40)38-30-19-16-28(23-34(30)40)25-12-6-2-7-13-25;31-34-27-14-8-7-13-24(27)33-29-23(21-11-5-2-6-12-21)16-18-26(30(29)34)32-25-17-15-22(19-28(25)34)20-9-3-1-4-10-20;31-34-27-14-8-7-13-24(27)32-26-18-16-23(21-11-5-2-6-12-21)29(30(26)34)33-25-17-15-22(19-28(25)34)20-9-3-1-4-10-20/h2*1-23H;2*1-19H. The molecule has 16 heteroatoms. The number of rotatable bonds is 10. The SMILES string of the molecule is O=P12c3cc(-c4ccccc4)ccc3Oc3ccc(-c4ccccc4)c(c31)Oc1cc(-c3ccccc3)ccc12.O=P12c3cc(-c4ccccc4)ccc3Oc3ccc(-c4ccccc4)c(c31)Oc1ccccc12.O=P12c3ccc(-c4ccccc4)cc3Oc3ccc(-c4ccccc4)c(c31)Oc1ccc(-c3ccccc3)cc12.O=P12c3ccccc3Oc3ccc(-c4ccccc4)c(c31)Oc1ccc(-c3ccccc3)cc12. The molecule has 0 saturated carbocycles. The first-order valence-electron chi connectivity index (χ1n) is 49.0. The zero-order valence-corrected chi connectivity index (χ0v) is 82.8. The summed E-state index contributed by atoms with van der Waals surface area (Å²) >= 11 is 0. The molecule has 0 amide bonds. The van der Waals surface area contributed by atoms with Gasteiger partial charge in [0, 0.05) is 22.3 Å². The van der Waals surface area contributed by atoms with Gasteiger partial charge in [-0.25, -0.2) is 0 Å². The molecule has 148 heavy (non-hydrogen) atoms. The van der Waals surface area contributed by atoms with Crippen LogP contribution in [0.3, 0.4) is 0 Å². The van der Waals surface area contributed by atoms with Gasteiger partial charge >= 0.3 is 0 Å². The van der Waals surface area contributed by atoms with Gasteiger partial charge in [0.25, 0.3) is 0 Å². The molecular formula is C132H84O12P4. The van der Waals surface area contributed by atoms with Crippen LogP contribution in [0.25, 0.3) is 111 Å². The molecule has 8 aliphatic heterocycles. The first-order valence-corrected chi connectivity index (χ1v) is 55.8. The first-order chi connectivity index (χ1) is 72.9. The van der Waals surface area contributed by atoms with Gasteiger partial charge in [0.1, 0.15) is 113 Å². The van der Waals surface area contributed by atoms with Crippen molar-refractivity contribution < 1.29 is 56.2 Å². The Morgan fingerprint density at radius 1 is 0.115 bits per heavy atom. The van der Waals surface area contributed by atoms with E-state index in [9.17, 15) is 0 Å². The maximum absolute atomic E-state index is 15.8. The number of benzene rings is 22. The molecule has 0 fully saturated rings. The van der Waals surface area contributed by atoms with Crippen LogP contribution < -0.4 is 102 Å². The normalized spacial score (nSPS) is 16.5. The average molecular weight is 1990 g/mol. The Kier molecular flexibility index (Phi) is 21.8. The van der Waals surface area contributed by atoms with Crippen LogP contribution in [0.2, 0.25) is 0 Å². The lowest BCUT2D eigenvalue weighted by Crippen LogP contribution is -2.35. The highest BCUT2D eigenvalue weighted by atomic mass is 31.2. The minimum absolute atomic E-state index is 0.575. The summed E-state index contributed by atoms with van der Waals surface area (Å²) in [6.07, 6.45) is 0. The molecule has 22 aromatic carbocycles. The van der Waals surface area contributed by atoms with Crippen LogP contribution in [0, 0.1) is 0 Å². The van der Waals surface area contributed by atoms with Gasteiger partial charge in [-0.05, 0) is 235 Å². The summed E-state index contributed by atoms with van der Waals surface area (Å²) in [6, 6.07) is 168. The van der Waals surface area contributed by atoms with Gasteiger partial charge in [0.05, 0.1) is 42.4 Å². The van der Waals surface area contributed by atoms with Crippen LogP contribution in [-0.4, -0.2) is 0 Å². The van der Waals surface area contributed by atoms with Gasteiger partial charge in [-0.2, -0.15) is 0 Å². The highest BCUT2D eigenvalue weighted by Gasteiger charge is 2.53. The highest BCUT2D eigenvalue weighted by Crippen LogP contribution is 2.66. The van der Waals surface area contributed by atoms with Gasteiger partial charge in [0.15, 0.2) is 28.6 Å². The Bertz CT molecular complexity index is 9090. The Morgan fingerprint density at radius 3 is 0.541 bits per heavy atom. The molecule has 0 saturated heterocycles. The Balaban J connectivity index is 0.0000000977. The Labute approximate surface area is 855 Å². The second-order valence-corrected chi connectivity index (χ2v) is 47.6. The predicted octanol–water partition coefficient (Wildman–Crippen LogP) is 30.8. The fourth-order valence-electron chi connectivity index (χ4n) is 21.5. The molecule has 8 aliphatic rings. The smallest absolute Gasteiger partial charge is 0.185 e. The largest absolute Gasteiger partial charge is 0.456 e. The molecule has 0 radical (unpaired) electrons. The molecule has 8 heterocycles. The number of para-hydroxylation sites is 2. The van der Waals surface area contributed by atoms with Crippen LogP contribution in [0.1, 0.15) is 0 Å². The lowest BCUT2D eigenvalue weighted by molar-refractivity contribution is 0.462. The van der Waals surface area contributed by atoms with Crippen molar-refractivity contribution in [3.63, 3.8) is 0 Å². The minimum atomic E-state index is -3.37. The van der Waals surface area contributed by atoms with E-state index in [2.05, 4.69) is 72.8 Å². The van der Waals surface area contributed by atoms with Crippen molar-refractivity contribution >= 4 is 92.2 Å². The van der Waals surface area contributed by atoms with E-state index in [1.165, 1.54) is 0 Å². The number of hydrogen-bond donors (Lipinski definition) is 0. The van der Waals surface area contributed by atoms with Crippen molar-refractivity contribution in [3.8, 4) is 203 Å². The summed E-state index contributed by atoms with van der Waals surface area (Å²) in [5, 5.41) is 8.18. The van der Waals surface area contributed by atoms with E-state index in [0.717, 1.165) is 111 Å². The second-order valence-electron chi connectivity index (χ2n) is 37.1. The summed E-state index contributed by atoms with van der Waals surface area (Å²) in [7, 11) is -13.3. The third-order valence-corrected chi connectivity index (χ3v) is 41.1. The van der Waals surface area contributed by atoms with Gasteiger partial charge in [-0.1, -0.05) is 364 Å². The Morgan fingerprint density at radius 2 is 0.284 bits per heavy atom. The lowest BCUT2D eigenvalue weighted by Gasteiger charge is -2.36. The van der Waals surface area contributed by atoms with Gasteiger partial charge < -0.3 is 56.2 Å². The summed E-state index contributed by atoms with van der Waals surface area (Å²) in [5.74, 6) is 9.75. The van der Waals surface area contributed by atoms with Crippen LogP contribution in [0.4, 0.5) is 0 Å². The molecule has 704 valence electrons. The van der Waals surface area contributed by atoms with Crippen LogP contribution in [0.15, 0.2) is 510 Å². The van der Waals surface area contributed by atoms with E-state index in [0.29, 0.717) is 156 Å². The summed E-state index contributed by atoms with van der Waals surface area (Å²) < 4.78 is 114. The maximum Gasteiger partial charge on any atom is 0.185 e. The van der Waals surface area contributed by atoms with E-state index in [1.807, 2.05) is 437 Å². The zero-order valence-electron chi connectivity index (χ0n) is 79.2. The molecule has 0 aromatic heterocycles. The summed E-state index contributed by atoms with van der Waals surface area (Å²) in [6.45, 7) is 0.